The van der Waals surface area contributed by atoms with Gasteiger partial charge in [0.05, 0.1) is 10.6 Å². The second-order valence-corrected chi connectivity index (χ2v) is 10.3. The highest BCUT2D eigenvalue weighted by Crippen LogP contribution is 2.37. The predicted octanol–water partition coefficient (Wildman–Crippen LogP) is 4.11. The number of thioether (sulfide) groups is 1. The van der Waals surface area contributed by atoms with Gasteiger partial charge in [-0.05, 0) is 37.6 Å². The maximum absolute atomic E-state index is 13.3. The van der Waals surface area contributed by atoms with Crippen molar-refractivity contribution in [3.8, 4) is 0 Å². The number of amides is 1. The molecular formula is C20H24N2O3S2. The number of rotatable bonds is 5. The van der Waals surface area contributed by atoms with E-state index in [1.807, 2.05) is 51.1 Å². The van der Waals surface area contributed by atoms with Gasteiger partial charge in [0, 0.05) is 29.2 Å². The summed E-state index contributed by atoms with van der Waals surface area (Å²) >= 11 is 1.58. The molecule has 0 bridgehead atoms. The maximum Gasteiger partial charge on any atom is 0.243 e. The summed E-state index contributed by atoms with van der Waals surface area (Å²) in [6.45, 7) is 6.02. The summed E-state index contributed by atoms with van der Waals surface area (Å²) in [6.07, 6.45) is 0.410. The summed E-state index contributed by atoms with van der Waals surface area (Å²) in [5, 5.41) is 2.99. The second-order valence-electron chi connectivity index (χ2n) is 6.97. The van der Waals surface area contributed by atoms with Crippen LogP contribution in [0, 0.1) is 0 Å². The Labute approximate surface area is 165 Å². The molecule has 2 aromatic carbocycles. The average Bonchev–Trinajstić information content (AvgIpc) is 2.75. The minimum atomic E-state index is -3.70. The Bertz CT molecular complexity index is 927. The van der Waals surface area contributed by atoms with E-state index in [0.717, 1.165) is 10.5 Å². The van der Waals surface area contributed by atoms with Gasteiger partial charge in [-0.2, -0.15) is 4.31 Å². The number of fused-ring (bicyclic) bond motifs is 1. The van der Waals surface area contributed by atoms with Gasteiger partial charge >= 0.3 is 0 Å². The van der Waals surface area contributed by atoms with Gasteiger partial charge in [-0.25, -0.2) is 8.42 Å². The molecule has 0 spiro atoms. The Morgan fingerprint density at radius 1 is 1.19 bits per heavy atom. The number of sulfonamides is 1. The number of carbonyl (C=O) groups excluding carboxylic acids is 1. The molecule has 0 radical (unpaired) electrons. The summed E-state index contributed by atoms with van der Waals surface area (Å²) in [5.41, 5.74) is 1.50. The zero-order valence-corrected chi connectivity index (χ0v) is 17.3. The molecule has 144 valence electrons. The number of nitrogens with zero attached hydrogens (tertiary/aromatic N) is 1. The standard InChI is InChI=1S/C20H24N2O3S2/c1-14(2)22(13-16-7-5-4-6-8-16)27(24,25)17-9-10-19-18(12-17)21-20(23)11-15(3)26-19/h4-10,12,14-15H,11,13H2,1-3H3,(H,21,23)/t15-/m0/s1. The fourth-order valence-electron chi connectivity index (χ4n) is 3.03. The Balaban J connectivity index is 1.96. The first kappa shape index (κ1) is 19.9. The van der Waals surface area contributed by atoms with Crippen LogP contribution in [0.3, 0.4) is 0 Å². The molecule has 1 N–H and O–H groups in total. The first-order valence-electron chi connectivity index (χ1n) is 8.93. The van der Waals surface area contributed by atoms with Gasteiger partial charge in [0.15, 0.2) is 0 Å². The lowest BCUT2D eigenvalue weighted by molar-refractivity contribution is -0.116. The minimum Gasteiger partial charge on any atom is -0.325 e. The second kappa shape index (κ2) is 8.04. The van der Waals surface area contributed by atoms with Gasteiger partial charge in [-0.15, -0.1) is 11.8 Å². The maximum atomic E-state index is 13.3. The van der Waals surface area contributed by atoms with E-state index >= 15 is 0 Å². The molecule has 1 amide bonds. The molecular weight excluding hydrogens is 380 g/mol. The van der Waals surface area contributed by atoms with E-state index in [0.29, 0.717) is 18.7 Å². The number of benzene rings is 2. The summed E-state index contributed by atoms with van der Waals surface area (Å²) < 4.78 is 28.1. The van der Waals surface area contributed by atoms with Gasteiger partial charge < -0.3 is 5.32 Å². The van der Waals surface area contributed by atoms with Gasteiger partial charge in [-0.1, -0.05) is 37.3 Å². The van der Waals surface area contributed by atoms with E-state index in [2.05, 4.69) is 5.32 Å². The molecule has 1 heterocycles. The zero-order chi connectivity index (χ0) is 19.6. The van der Waals surface area contributed by atoms with Crippen LogP contribution < -0.4 is 5.32 Å². The fourth-order valence-corrected chi connectivity index (χ4v) is 5.74. The van der Waals surface area contributed by atoms with Crippen LogP contribution in [0.15, 0.2) is 58.3 Å². The number of anilines is 1. The van der Waals surface area contributed by atoms with Crippen LogP contribution in [-0.2, 0) is 21.4 Å². The monoisotopic (exact) mass is 404 g/mol. The molecule has 0 fully saturated rings. The SMILES string of the molecule is CC(C)N(Cc1ccccc1)S(=O)(=O)c1ccc2c(c1)NC(=O)C[C@H](C)S2. The van der Waals surface area contributed by atoms with Crippen LogP contribution >= 0.6 is 11.8 Å². The van der Waals surface area contributed by atoms with Gasteiger partial charge in [0.2, 0.25) is 15.9 Å². The van der Waals surface area contributed by atoms with Gasteiger partial charge in [0.25, 0.3) is 0 Å². The number of hydrogen-bond acceptors (Lipinski definition) is 4. The molecule has 0 aliphatic carbocycles. The van der Waals surface area contributed by atoms with Crippen molar-refractivity contribution in [2.45, 2.75) is 54.8 Å². The molecule has 1 aliphatic heterocycles. The Morgan fingerprint density at radius 3 is 2.56 bits per heavy atom. The van der Waals surface area contributed by atoms with Crippen molar-refractivity contribution in [1.82, 2.24) is 4.31 Å². The fraction of sp³-hybridized carbons (Fsp3) is 0.350. The molecule has 27 heavy (non-hydrogen) atoms. The lowest BCUT2D eigenvalue weighted by Crippen LogP contribution is -2.36. The van der Waals surface area contributed by atoms with Crippen molar-refractivity contribution >= 4 is 33.4 Å². The minimum absolute atomic E-state index is 0.0895. The van der Waals surface area contributed by atoms with Crippen LogP contribution in [-0.4, -0.2) is 29.9 Å². The zero-order valence-electron chi connectivity index (χ0n) is 15.7. The lowest BCUT2D eigenvalue weighted by atomic mass is 10.2. The average molecular weight is 405 g/mol. The van der Waals surface area contributed by atoms with Gasteiger partial charge in [0.1, 0.15) is 0 Å². The summed E-state index contributed by atoms with van der Waals surface area (Å²) in [4.78, 5) is 13.1. The van der Waals surface area contributed by atoms with Crippen molar-refractivity contribution in [2.24, 2.45) is 0 Å². The summed E-state index contributed by atoms with van der Waals surface area (Å²) in [7, 11) is -3.70. The Morgan fingerprint density at radius 2 is 1.89 bits per heavy atom. The van der Waals surface area contributed by atoms with E-state index in [9.17, 15) is 13.2 Å². The van der Waals surface area contributed by atoms with Crippen LogP contribution in [0.2, 0.25) is 0 Å². The summed E-state index contributed by atoms with van der Waals surface area (Å²) in [5.74, 6) is -0.0895. The van der Waals surface area contributed by atoms with E-state index in [4.69, 9.17) is 0 Å². The van der Waals surface area contributed by atoms with E-state index in [1.165, 1.54) is 4.31 Å². The quantitative estimate of drug-likeness (QED) is 0.814. The lowest BCUT2D eigenvalue weighted by Gasteiger charge is -2.26. The van der Waals surface area contributed by atoms with Crippen molar-refractivity contribution < 1.29 is 13.2 Å². The number of nitrogens with one attached hydrogen (secondary N) is 1. The van der Waals surface area contributed by atoms with E-state index < -0.39 is 10.0 Å². The molecule has 5 nitrogen and oxygen atoms in total. The molecule has 0 unspecified atom stereocenters. The van der Waals surface area contributed by atoms with Crippen molar-refractivity contribution in [2.75, 3.05) is 5.32 Å². The van der Waals surface area contributed by atoms with Crippen LogP contribution in [0.4, 0.5) is 5.69 Å². The number of hydrogen-bond donors (Lipinski definition) is 1. The molecule has 3 rings (SSSR count). The molecule has 1 aliphatic rings. The summed E-state index contributed by atoms with van der Waals surface area (Å²) in [6, 6.07) is 14.3. The van der Waals surface area contributed by atoms with Crippen molar-refractivity contribution in [1.29, 1.82) is 0 Å². The van der Waals surface area contributed by atoms with Crippen LogP contribution in [0.25, 0.3) is 0 Å². The molecule has 2 aromatic rings. The number of carbonyl (C=O) groups is 1. The van der Waals surface area contributed by atoms with Gasteiger partial charge in [-0.3, -0.25) is 4.79 Å². The smallest absolute Gasteiger partial charge is 0.243 e. The third-order valence-corrected chi connectivity index (χ3v) is 7.59. The van der Waals surface area contributed by atoms with Crippen LogP contribution in [0.5, 0.6) is 0 Å². The highest BCUT2D eigenvalue weighted by atomic mass is 32.2. The first-order valence-corrected chi connectivity index (χ1v) is 11.3. The molecule has 0 saturated heterocycles. The molecule has 7 heteroatoms. The van der Waals surface area contributed by atoms with Crippen LogP contribution in [0.1, 0.15) is 32.8 Å². The first-order chi connectivity index (χ1) is 12.8. The largest absolute Gasteiger partial charge is 0.325 e. The third kappa shape index (κ3) is 4.54. The van der Waals surface area contributed by atoms with Crippen molar-refractivity contribution in [3.05, 3.63) is 54.1 Å². The molecule has 0 saturated carbocycles. The topological polar surface area (TPSA) is 66.5 Å². The molecule has 1 atom stereocenters. The van der Waals surface area contributed by atoms with E-state index in [1.54, 1.807) is 30.0 Å². The Hall–Kier alpha value is -1.83. The third-order valence-electron chi connectivity index (χ3n) is 4.39. The highest BCUT2D eigenvalue weighted by Gasteiger charge is 2.29. The van der Waals surface area contributed by atoms with E-state index in [-0.39, 0.29) is 22.1 Å². The normalized spacial score (nSPS) is 17.5. The highest BCUT2D eigenvalue weighted by molar-refractivity contribution is 8.00. The van der Waals surface area contributed by atoms with Crippen molar-refractivity contribution in [3.63, 3.8) is 0 Å². The predicted molar refractivity (Wildman–Crippen MR) is 109 cm³/mol. The molecule has 0 aromatic heterocycles. The Kier molecular flexibility index (Phi) is 5.93.